The molecular formula is C18H19FN2O2. The second-order valence-electron chi connectivity index (χ2n) is 5.65. The average molecular weight is 314 g/mol. The Labute approximate surface area is 134 Å². The van der Waals surface area contributed by atoms with E-state index in [1.165, 1.54) is 12.1 Å². The molecule has 120 valence electrons. The summed E-state index contributed by atoms with van der Waals surface area (Å²) in [6, 6.07) is 16.3. The fourth-order valence-electron chi connectivity index (χ4n) is 2.43. The quantitative estimate of drug-likeness (QED) is 0.922. The zero-order valence-electron chi connectivity index (χ0n) is 12.7. The lowest BCUT2D eigenvalue weighted by atomic mass is 10.1. The van der Waals surface area contributed by atoms with Crippen LogP contribution in [0.2, 0.25) is 0 Å². The van der Waals surface area contributed by atoms with Crippen LogP contribution in [0.25, 0.3) is 0 Å². The molecule has 0 atom stereocenters. The molecule has 1 amide bonds. The summed E-state index contributed by atoms with van der Waals surface area (Å²) in [7, 11) is 0. The molecule has 0 aromatic heterocycles. The van der Waals surface area contributed by atoms with Crippen molar-refractivity contribution < 1.29 is 13.9 Å². The Kier molecular flexibility index (Phi) is 4.88. The van der Waals surface area contributed by atoms with Crippen molar-refractivity contribution in [3.05, 3.63) is 71.5 Å². The molecule has 23 heavy (non-hydrogen) atoms. The van der Waals surface area contributed by atoms with Gasteiger partial charge in [-0.25, -0.2) is 9.18 Å². The molecule has 0 radical (unpaired) electrons. The number of nitrogens with zero attached hydrogens (tertiary/aromatic N) is 1. The predicted octanol–water partition coefficient (Wildman–Crippen LogP) is 2.94. The number of nitrogens with one attached hydrogen (secondary N) is 1. The minimum Gasteiger partial charge on any atom is -0.445 e. The van der Waals surface area contributed by atoms with Crippen LogP contribution in [-0.2, 0) is 17.9 Å². The van der Waals surface area contributed by atoms with Crippen molar-refractivity contribution in [3.8, 4) is 0 Å². The molecule has 1 aliphatic heterocycles. The summed E-state index contributed by atoms with van der Waals surface area (Å²) in [4.78, 5) is 13.6. The van der Waals surface area contributed by atoms with Crippen LogP contribution in [0, 0.1) is 5.82 Å². The molecule has 0 spiro atoms. The molecule has 1 aliphatic rings. The number of likely N-dealkylation sites (tertiary alicyclic amines) is 1. The molecule has 2 aromatic carbocycles. The lowest BCUT2D eigenvalue weighted by molar-refractivity contribution is 0.0600. The van der Waals surface area contributed by atoms with Gasteiger partial charge in [-0.15, -0.1) is 0 Å². The van der Waals surface area contributed by atoms with Gasteiger partial charge >= 0.3 is 6.09 Å². The summed E-state index contributed by atoms with van der Waals surface area (Å²) in [6.07, 6.45) is -0.284. The molecule has 1 heterocycles. The van der Waals surface area contributed by atoms with Crippen LogP contribution in [0.15, 0.2) is 54.6 Å². The minimum absolute atomic E-state index is 0.232. The Bertz CT molecular complexity index is 640. The smallest absolute Gasteiger partial charge is 0.410 e. The van der Waals surface area contributed by atoms with E-state index >= 15 is 0 Å². The van der Waals surface area contributed by atoms with Crippen molar-refractivity contribution in [2.45, 2.75) is 19.2 Å². The summed E-state index contributed by atoms with van der Waals surface area (Å²) in [5.41, 5.74) is 2.00. The first-order chi connectivity index (χ1) is 11.2. The van der Waals surface area contributed by atoms with Crippen molar-refractivity contribution >= 4 is 6.09 Å². The van der Waals surface area contributed by atoms with E-state index in [-0.39, 0.29) is 18.0 Å². The summed E-state index contributed by atoms with van der Waals surface area (Å²) < 4.78 is 18.1. The highest BCUT2D eigenvalue weighted by Gasteiger charge is 2.31. The van der Waals surface area contributed by atoms with Gasteiger partial charge in [-0.2, -0.15) is 0 Å². The van der Waals surface area contributed by atoms with E-state index in [9.17, 15) is 9.18 Å². The summed E-state index contributed by atoms with van der Waals surface area (Å²) in [5, 5.41) is 3.34. The summed E-state index contributed by atoms with van der Waals surface area (Å²) in [6.45, 7) is 2.23. The molecule has 0 aliphatic carbocycles. The standard InChI is InChI=1S/C18H19FN2O2/c19-16-8-6-14(7-9-16)10-20-17-11-21(12-17)18(22)23-13-15-4-2-1-3-5-15/h1-9,17,20H,10-13H2. The van der Waals surface area contributed by atoms with Gasteiger partial charge in [0.2, 0.25) is 0 Å². The maximum absolute atomic E-state index is 12.8. The van der Waals surface area contributed by atoms with E-state index in [1.807, 2.05) is 30.3 Å². The molecule has 0 saturated carbocycles. The van der Waals surface area contributed by atoms with Crippen LogP contribution in [0.3, 0.4) is 0 Å². The van der Waals surface area contributed by atoms with Gasteiger partial charge in [0.05, 0.1) is 0 Å². The third-order valence-electron chi connectivity index (χ3n) is 3.85. The fraction of sp³-hybridized carbons (Fsp3) is 0.278. The van der Waals surface area contributed by atoms with E-state index < -0.39 is 0 Å². The van der Waals surface area contributed by atoms with E-state index in [0.29, 0.717) is 26.2 Å². The molecule has 0 unspecified atom stereocenters. The van der Waals surface area contributed by atoms with Crippen molar-refractivity contribution in [2.24, 2.45) is 0 Å². The summed E-state index contributed by atoms with van der Waals surface area (Å²) >= 11 is 0. The Morgan fingerprint density at radius 1 is 1.09 bits per heavy atom. The topological polar surface area (TPSA) is 41.6 Å². The highest BCUT2D eigenvalue weighted by molar-refractivity contribution is 5.68. The maximum Gasteiger partial charge on any atom is 0.410 e. The molecular weight excluding hydrogens is 295 g/mol. The van der Waals surface area contributed by atoms with Crippen molar-refractivity contribution in [3.63, 3.8) is 0 Å². The second-order valence-corrected chi connectivity index (χ2v) is 5.65. The van der Waals surface area contributed by atoms with Gasteiger partial charge in [-0.3, -0.25) is 0 Å². The Hall–Kier alpha value is -2.40. The molecule has 1 N–H and O–H groups in total. The Balaban J connectivity index is 1.35. The minimum atomic E-state index is -0.284. The first kappa shape index (κ1) is 15.5. The van der Waals surface area contributed by atoms with Gasteiger partial charge in [0.25, 0.3) is 0 Å². The summed E-state index contributed by atoms with van der Waals surface area (Å²) in [5.74, 6) is -0.232. The first-order valence-corrected chi connectivity index (χ1v) is 7.64. The molecule has 5 heteroatoms. The number of ether oxygens (including phenoxy) is 1. The number of rotatable bonds is 5. The first-order valence-electron chi connectivity index (χ1n) is 7.64. The third-order valence-corrected chi connectivity index (χ3v) is 3.85. The largest absolute Gasteiger partial charge is 0.445 e. The Morgan fingerprint density at radius 3 is 2.48 bits per heavy atom. The monoisotopic (exact) mass is 314 g/mol. The third kappa shape index (κ3) is 4.29. The van der Waals surface area contributed by atoms with Gasteiger partial charge in [0, 0.05) is 25.7 Å². The van der Waals surface area contributed by atoms with E-state index in [4.69, 9.17) is 4.74 Å². The molecule has 1 fully saturated rings. The molecule has 0 bridgehead atoms. The highest BCUT2D eigenvalue weighted by Crippen LogP contribution is 2.12. The highest BCUT2D eigenvalue weighted by atomic mass is 19.1. The number of carbonyl (C=O) groups is 1. The van der Waals surface area contributed by atoms with Crippen molar-refractivity contribution in [2.75, 3.05) is 13.1 Å². The van der Waals surface area contributed by atoms with E-state index in [0.717, 1.165) is 11.1 Å². The van der Waals surface area contributed by atoms with Crippen LogP contribution < -0.4 is 5.32 Å². The van der Waals surface area contributed by atoms with Gasteiger partial charge in [-0.1, -0.05) is 42.5 Å². The zero-order valence-corrected chi connectivity index (χ0v) is 12.7. The van der Waals surface area contributed by atoms with Gasteiger partial charge in [0.15, 0.2) is 0 Å². The van der Waals surface area contributed by atoms with E-state index in [2.05, 4.69) is 5.32 Å². The van der Waals surface area contributed by atoms with Gasteiger partial charge < -0.3 is 15.0 Å². The number of benzene rings is 2. The SMILES string of the molecule is O=C(OCc1ccccc1)N1CC(NCc2ccc(F)cc2)C1. The number of carbonyl (C=O) groups excluding carboxylic acids is 1. The molecule has 4 nitrogen and oxygen atoms in total. The Morgan fingerprint density at radius 2 is 1.78 bits per heavy atom. The van der Waals surface area contributed by atoms with Crippen LogP contribution in [-0.4, -0.2) is 30.1 Å². The zero-order chi connectivity index (χ0) is 16.1. The number of hydrogen-bond donors (Lipinski definition) is 1. The number of hydrogen-bond acceptors (Lipinski definition) is 3. The average Bonchev–Trinajstić information content (AvgIpc) is 2.54. The molecule has 1 saturated heterocycles. The lowest BCUT2D eigenvalue weighted by Crippen LogP contribution is -2.59. The van der Waals surface area contributed by atoms with Gasteiger partial charge in [0.1, 0.15) is 12.4 Å². The van der Waals surface area contributed by atoms with Crippen LogP contribution in [0.4, 0.5) is 9.18 Å². The molecule has 2 aromatic rings. The van der Waals surface area contributed by atoms with Crippen LogP contribution >= 0.6 is 0 Å². The maximum atomic E-state index is 12.8. The number of halogens is 1. The molecule has 3 rings (SSSR count). The number of amides is 1. The normalized spacial score (nSPS) is 14.4. The van der Waals surface area contributed by atoms with Gasteiger partial charge in [-0.05, 0) is 23.3 Å². The van der Waals surface area contributed by atoms with Crippen molar-refractivity contribution in [1.29, 1.82) is 0 Å². The fourth-order valence-corrected chi connectivity index (χ4v) is 2.43. The predicted molar refractivity (Wildman–Crippen MR) is 85.2 cm³/mol. The van der Waals surface area contributed by atoms with Crippen LogP contribution in [0.1, 0.15) is 11.1 Å². The van der Waals surface area contributed by atoms with E-state index in [1.54, 1.807) is 17.0 Å². The second kappa shape index (κ2) is 7.24. The lowest BCUT2D eigenvalue weighted by Gasteiger charge is -2.38. The van der Waals surface area contributed by atoms with Crippen LogP contribution in [0.5, 0.6) is 0 Å². The van der Waals surface area contributed by atoms with Crippen molar-refractivity contribution in [1.82, 2.24) is 10.2 Å².